The molecule has 0 spiro atoms. The molecule has 3 rings (SSSR count). The first kappa shape index (κ1) is 12.6. The molecule has 19 heavy (non-hydrogen) atoms. The van der Waals surface area contributed by atoms with Crippen LogP contribution in [0.25, 0.3) is 11.1 Å². The van der Waals surface area contributed by atoms with Crippen LogP contribution in [0.4, 0.5) is 0 Å². The van der Waals surface area contributed by atoms with Gasteiger partial charge in [0.1, 0.15) is 11.4 Å². The van der Waals surface area contributed by atoms with Crippen molar-refractivity contribution < 1.29 is 4.74 Å². The Morgan fingerprint density at radius 1 is 1.05 bits per heavy atom. The zero-order valence-electron chi connectivity index (χ0n) is 11.2. The van der Waals surface area contributed by atoms with Crippen LogP contribution in [0.2, 0.25) is 0 Å². The Hall–Kier alpha value is -1.47. The molecule has 0 bridgehead atoms. The monoisotopic (exact) mass is 272 g/mol. The summed E-state index contributed by atoms with van der Waals surface area (Å²) in [5.74, 6) is 0.913. The lowest BCUT2D eigenvalue weighted by molar-refractivity contribution is 0.0826. The lowest BCUT2D eigenvalue weighted by Gasteiger charge is -2.35. The smallest absolute Gasteiger partial charge is 0.124 e. The molecule has 1 aliphatic rings. The molecule has 98 valence electrons. The van der Waals surface area contributed by atoms with Gasteiger partial charge in [-0.05, 0) is 37.1 Å². The van der Waals surface area contributed by atoms with Gasteiger partial charge < -0.3 is 4.74 Å². The van der Waals surface area contributed by atoms with Gasteiger partial charge in [-0.1, -0.05) is 36.4 Å². The van der Waals surface area contributed by atoms with Gasteiger partial charge in [0, 0.05) is 12.0 Å². The number of hydrogen-bond donors (Lipinski definition) is 0. The van der Waals surface area contributed by atoms with Gasteiger partial charge in [-0.2, -0.15) is 0 Å². The maximum atomic E-state index is 6.51. The zero-order chi connectivity index (χ0) is 13.5. The SMILES string of the molecule is CC1(C)CC(Cl)c2cc(-c3ccccc3)ccc2O1. The van der Waals surface area contributed by atoms with Gasteiger partial charge in [0.25, 0.3) is 0 Å². The number of rotatable bonds is 1. The molecular weight excluding hydrogens is 256 g/mol. The van der Waals surface area contributed by atoms with Crippen molar-refractivity contribution in [3.8, 4) is 16.9 Å². The van der Waals surface area contributed by atoms with E-state index in [4.69, 9.17) is 16.3 Å². The summed E-state index contributed by atoms with van der Waals surface area (Å²) in [6.07, 6.45) is 0.833. The highest BCUT2D eigenvalue weighted by molar-refractivity contribution is 6.21. The van der Waals surface area contributed by atoms with Gasteiger partial charge in [0.15, 0.2) is 0 Å². The largest absolute Gasteiger partial charge is 0.487 e. The highest BCUT2D eigenvalue weighted by Gasteiger charge is 2.32. The quantitative estimate of drug-likeness (QED) is 0.649. The van der Waals surface area contributed by atoms with Crippen molar-refractivity contribution in [1.82, 2.24) is 0 Å². The van der Waals surface area contributed by atoms with Gasteiger partial charge in [0.05, 0.1) is 5.38 Å². The van der Waals surface area contributed by atoms with Crippen LogP contribution in [-0.2, 0) is 0 Å². The molecule has 0 fully saturated rings. The Bertz CT molecular complexity index is 589. The Morgan fingerprint density at radius 2 is 1.79 bits per heavy atom. The molecule has 2 heteroatoms. The first-order chi connectivity index (χ1) is 9.05. The first-order valence-corrected chi connectivity index (χ1v) is 7.01. The molecule has 0 radical (unpaired) electrons. The second kappa shape index (κ2) is 4.57. The van der Waals surface area contributed by atoms with E-state index in [-0.39, 0.29) is 11.0 Å². The third-order valence-corrected chi connectivity index (χ3v) is 3.90. The maximum Gasteiger partial charge on any atom is 0.124 e. The second-order valence-electron chi connectivity index (χ2n) is 5.65. The normalized spacial score (nSPS) is 20.5. The van der Waals surface area contributed by atoms with E-state index in [0.717, 1.165) is 17.7 Å². The number of halogens is 1. The number of alkyl halides is 1. The van der Waals surface area contributed by atoms with E-state index < -0.39 is 0 Å². The number of hydrogen-bond acceptors (Lipinski definition) is 1. The molecule has 0 saturated carbocycles. The van der Waals surface area contributed by atoms with Gasteiger partial charge >= 0.3 is 0 Å². The molecule has 1 unspecified atom stereocenters. The Kier molecular flexibility index (Phi) is 3.02. The average Bonchev–Trinajstić information content (AvgIpc) is 2.38. The van der Waals surface area contributed by atoms with E-state index in [2.05, 4.69) is 38.1 Å². The molecule has 1 heterocycles. The lowest BCUT2D eigenvalue weighted by Crippen LogP contribution is -2.33. The van der Waals surface area contributed by atoms with E-state index in [1.165, 1.54) is 11.1 Å². The number of benzene rings is 2. The summed E-state index contributed by atoms with van der Waals surface area (Å²) in [6.45, 7) is 4.16. The van der Waals surface area contributed by atoms with Crippen molar-refractivity contribution >= 4 is 11.6 Å². The van der Waals surface area contributed by atoms with Crippen LogP contribution in [0.5, 0.6) is 5.75 Å². The number of ether oxygens (including phenoxy) is 1. The van der Waals surface area contributed by atoms with Crippen molar-refractivity contribution in [2.24, 2.45) is 0 Å². The van der Waals surface area contributed by atoms with Crippen LogP contribution in [0.15, 0.2) is 48.5 Å². The van der Waals surface area contributed by atoms with Crippen molar-refractivity contribution in [1.29, 1.82) is 0 Å². The summed E-state index contributed by atoms with van der Waals surface area (Å²) in [4.78, 5) is 0. The molecule has 0 amide bonds. The fraction of sp³-hybridized carbons (Fsp3) is 0.294. The standard InChI is InChI=1S/C17H17ClO/c1-17(2)11-15(18)14-10-13(8-9-16(14)19-17)12-6-4-3-5-7-12/h3-10,15H,11H2,1-2H3. The van der Waals surface area contributed by atoms with Gasteiger partial charge in [-0.25, -0.2) is 0 Å². The molecular formula is C17H17ClO. The summed E-state index contributed by atoms with van der Waals surface area (Å²) in [7, 11) is 0. The molecule has 0 saturated heterocycles. The fourth-order valence-electron chi connectivity index (χ4n) is 2.58. The molecule has 2 aromatic rings. The van der Waals surface area contributed by atoms with Crippen LogP contribution < -0.4 is 4.74 Å². The molecule has 0 N–H and O–H groups in total. The van der Waals surface area contributed by atoms with Gasteiger partial charge in [-0.15, -0.1) is 11.6 Å². The molecule has 1 nitrogen and oxygen atoms in total. The van der Waals surface area contributed by atoms with E-state index >= 15 is 0 Å². The molecule has 2 aromatic carbocycles. The van der Waals surface area contributed by atoms with E-state index in [1.54, 1.807) is 0 Å². The Balaban J connectivity index is 2.04. The highest BCUT2D eigenvalue weighted by Crippen LogP contribution is 2.44. The van der Waals surface area contributed by atoms with Crippen LogP contribution >= 0.6 is 11.6 Å². The highest BCUT2D eigenvalue weighted by atomic mass is 35.5. The topological polar surface area (TPSA) is 9.23 Å². The third kappa shape index (κ3) is 2.48. The summed E-state index contributed by atoms with van der Waals surface area (Å²) < 4.78 is 6.00. The predicted molar refractivity (Wildman–Crippen MR) is 79.8 cm³/mol. The zero-order valence-corrected chi connectivity index (χ0v) is 11.9. The minimum Gasteiger partial charge on any atom is -0.487 e. The second-order valence-corrected chi connectivity index (χ2v) is 6.18. The van der Waals surface area contributed by atoms with Crippen LogP contribution in [0.3, 0.4) is 0 Å². The van der Waals surface area contributed by atoms with Crippen LogP contribution in [0, 0.1) is 0 Å². The Labute approximate surface area is 119 Å². The fourth-order valence-corrected chi connectivity index (χ4v) is 3.12. The van der Waals surface area contributed by atoms with Gasteiger partial charge in [0.2, 0.25) is 0 Å². The van der Waals surface area contributed by atoms with Crippen molar-refractivity contribution in [2.75, 3.05) is 0 Å². The summed E-state index contributed by atoms with van der Waals surface area (Å²) in [5.41, 5.74) is 3.31. The number of fused-ring (bicyclic) bond motifs is 1. The summed E-state index contributed by atoms with van der Waals surface area (Å²) in [6, 6.07) is 16.6. The third-order valence-electron chi connectivity index (χ3n) is 3.51. The van der Waals surface area contributed by atoms with E-state index in [0.29, 0.717) is 0 Å². The first-order valence-electron chi connectivity index (χ1n) is 6.58. The van der Waals surface area contributed by atoms with Crippen molar-refractivity contribution in [3.63, 3.8) is 0 Å². The minimum atomic E-state index is -0.187. The lowest BCUT2D eigenvalue weighted by atomic mass is 9.92. The van der Waals surface area contributed by atoms with Crippen LogP contribution in [-0.4, -0.2) is 5.60 Å². The predicted octanol–water partition coefficient (Wildman–Crippen LogP) is 5.19. The average molecular weight is 273 g/mol. The molecule has 0 aliphatic carbocycles. The summed E-state index contributed by atoms with van der Waals surface area (Å²) >= 11 is 6.51. The maximum absolute atomic E-state index is 6.51. The van der Waals surface area contributed by atoms with Crippen LogP contribution in [0.1, 0.15) is 31.2 Å². The minimum absolute atomic E-state index is 0.0161. The Morgan fingerprint density at radius 3 is 2.53 bits per heavy atom. The molecule has 0 aromatic heterocycles. The van der Waals surface area contributed by atoms with Crippen molar-refractivity contribution in [2.45, 2.75) is 31.2 Å². The molecule has 1 atom stereocenters. The molecule has 1 aliphatic heterocycles. The summed E-state index contributed by atoms with van der Waals surface area (Å²) in [5, 5.41) is 0.0161. The van der Waals surface area contributed by atoms with Gasteiger partial charge in [-0.3, -0.25) is 0 Å². The van der Waals surface area contributed by atoms with E-state index in [1.807, 2.05) is 24.3 Å². The van der Waals surface area contributed by atoms with E-state index in [9.17, 15) is 0 Å². The van der Waals surface area contributed by atoms with Crippen molar-refractivity contribution in [3.05, 3.63) is 54.1 Å².